The number of aliphatic carboxylic acids is 1. The maximum atomic E-state index is 10.7. The minimum absolute atomic E-state index is 0.0891. The lowest BCUT2D eigenvalue weighted by molar-refractivity contribution is -0.142. The molecule has 1 atom stereocenters. The van der Waals surface area contributed by atoms with E-state index in [0.29, 0.717) is 6.54 Å². The second-order valence-electron chi connectivity index (χ2n) is 2.88. The fourth-order valence-corrected chi connectivity index (χ4v) is 1.13. The Morgan fingerprint density at radius 2 is 2.08 bits per heavy atom. The molecule has 1 unspecified atom stereocenters. The summed E-state index contributed by atoms with van der Waals surface area (Å²) in [6.45, 7) is 6.08. The summed E-state index contributed by atoms with van der Waals surface area (Å²) in [5.41, 5.74) is 0. The maximum absolute atomic E-state index is 10.7. The van der Waals surface area contributed by atoms with E-state index in [4.69, 9.17) is 10.4 Å². The summed E-state index contributed by atoms with van der Waals surface area (Å²) in [5, 5.41) is 17.2. The van der Waals surface area contributed by atoms with Gasteiger partial charge in [0.1, 0.15) is 0 Å². The zero-order valence-corrected chi connectivity index (χ0v) is 8.16. The van der Waals surface area contributed by atoms with Gasteiger partial charge in [-0.3, -0.25) is 4.79 Å². The number of carboxylic acids is 1. The Morgan fingerprint density at radius 3 is 2.38 bits per heavy atom. The van der Waals surface area contributed by atoms with Gasteiger partial charge < -0.3 is 10.0 Å². The molecule has 74 valence electrons. The fourth-order valence-electron chi connectivity index (χ4n) is 1.13. The predicted molar refractivity (Wildman–Crippen MR) is 49.1 cm³/mol. The molecule has 13 heavy (non-hydrogen) atoms. The Kier molecular flexibility index (Phi) is 5.90. The van der Waals surface area contributed by atoms with E-state index in [9.17, 15) is 4.79 Å². The highest BCUT2D eigenvalue weighted by molar-refractivity contribution is 5.70. The molecule has 0 spiro atoms. The molecular formula is C9H16N2O2. The van der Waals surface area contributed by atoms with Gasteiger partial charge in [-0.2, -0.15) is 5.26 Å². The molecule has 0 fully saturated rings. The molecule has 0 rings (SSSR count). The third-order valence-electron chi connectivity index (χ3n) is 2.06. The minimum atomic E-state index is -0.881. The lowest BCUT2D eigenvalue weighted by atomic mass is 10.1. The summed E-state index contributed by atoms with van der Waals surface area (Å²) in [6.07, 6.45) is 0.0891. The van der Waals surface area contributed by atoms with Crippen molar-refractivity contribution >= 4 is 5.97 Å². The van der Waals surface area contributed by atoms with Crippen LogP contribution in [0.5, 0.6) is 0 Å². The Labute approximate surface area is 78.8 Å². The molecule has 0 heterocycles. The van der Waals surface area contributed by atoms with Crippen LogP contribution >= 0.6 is 0 Å². The van der Waals surface area contributed by atoms with Crippen LogP contribution < -0.4 is 0 Å². The average molecular weight is 184 g/mol. The molecule has 0 aliphatic rings. The molecule has 0 aliphatic carbocycles. The lowest BCUT2D eigenvalue weighted by Gasteiger charge is -2.20. The first kappa shape index (κ1) is 11.9. The van der Waals surface area contributed by atoms with Gasteiger partial charge in [-0.1, -0.05) is 13.8 Å². The summed E-state index contributed by atoms with van der Waals surface area (Å²) < 4.78 is 0. The number of nitrogens with zero attached hydrogens (tertiary/aromatic N) is 2. The topological polar surface area (TPSA) is 64.3 Å². The van der Waals surface area contributed by atoms with Gasteiger partial charge in [0, 0.05) is 13.0 Å². The van der Waals surface area contributed by atoms with Gasteiger partial charge in [0.15, 0.2) is 0 Å². The molecule has 4 heteroatoms. The van der Waals surface area contributed by atoms with Gasteiger partial charge in [-0.25, -0.2) is 0 Å². The van der Waals surface area contributed by atoms with E-state index >= 15 is 0 Å². The average Bonchev–Trinajstić information content (AvgIpc) is 2.11. The second kappa shape index (κ2) is 6.44. The summed E-state index contributed by atoms with van der Waals surface area (Å²) in [6, 6.07) is 1.90. The monoisotopic (exact) mass is 184 g/mol. The normalized spacial score (nSPS) is 12.5. The van der Waals surface area contributed by atoms with Gasteiger partial charge in [0.2, 0.25) is 0 Å². The van der Waals surface area contributed by atoms with E-state index in [1.54, 1.807) is 0 Å². The molecule has 0 aromatic carbocycles. The molecule has 0 radical (unpaired) electrons. The molecule has 0 aromatic rings. The number of nitriles is 1. The van der Waals surface area contributed by atoms with Crippen LogP contribution in [-0.4, -0.2) is 35.6 Å². The van der Waals surface area contributed by atoms with Crippen molar-refractivity contribution in [1.82, 2.24) is 4.90 Å². The van der Waals surface area contributed by atoms with Crippen LogP contribution in [0.1, 0.15) is 20.3 Å². The Hall–Kier alpha value is -1.08. The van der Waals surface area contributed by atoms with Gasteiger partial charge in [0.05, 0.1) is 12.0 Å². The maximum Gasteiger partial charge on any atom is 0.308 e. The van der Waals surface area contributed by atoms with Crippen molar-refractivity contribution in [3.8, 4) is 6.07 Å². The third kappa shape index (κ3) is 4.48. The molecule has 4 nitrogen and oxygen atoms in total. The highest BCUT2D eigenvalue weighted by Crippen LogP contribution is 2.05. The molecule has 0 amide bonds. The summed E-state index contributed by atoms with van der Waals surface area (Å²) in [7, 11) is 0. The molecule has 0 aliphatic heterocycles. The van der Waals surface area contributed by atoms with Crippen LogP contribution in [-0.2, 0) is 4.79 Å². The van der Waals surface area contributed by atoms with E-state index < -0.39 is 11.9 Å². The van der Waals surface area contributed by atoms with Crippen LogP contribution in [0.25, 0.3) is 0 Å². The largest absolute Gasteiger partial charge is 0.481 e. The Bertz CT molecular complexity index is 194. The van der Waals surface area contributed by atoms with Crippen LogP contribution in [0.3, 0.4) is 0 Å². The first-order chi connectivity index (χ1) is 6.15. The van der Waals surface area contributed by atoms with Crippen LogP contribution in [0.4, 0.5) is 0 Å². The first-order valence-electron chi connectivity index (χ1n) is 4.47. The van der Waals surface area contributed by atoms with Crippen molar-refractivity contribution in [2.75, 3.05) is 19.6 Å². The predicted octanol–water partition coefficient (Wildman–Crippen LogP) is 0.943. The second-order valence-corrected chi connectivity index (χ2v) is 2.88. The zero-order valence-electron chi connectivity index (χ0n) is 8.16. The lowest BCUT2D eigenvalue weighted by Crippen LogP contribution is -2.32. The molecule has 0 aromatic heterocycles. The molecular weight excluding hydrogens is 168 g/mol. The summed E-state index contributed by atoms with van der Waals surface area (Å²) >= 11 is 0. The van der Waals surface area contributed by atoms with E-state index in [-0.39, 0.29) is 6.42 Å². The van der Waals surface area contributed by atoms with Gasteiger partial charge in [-0.05, 0) is 13.1 Å². The Morgan fingerprint density at radius 1 is 1.54 bits per heavy atom. The van der Waals surface area contributed by atoms with Crippen LogP contribution in [0.2, 0.25) is 0 Å². The standard InChI is InChI=1S/C9H16N2O2/c1-3-11(4-2)7-8(5-6-10)9(12)13/h8H,3-5,7H2,1-2H3,(H,12,13). The van der Waals surface area contributed by atoms with Crippen molar-refractivity contribution < 1.29 is 9.90 Å². The van der Waals surface area contributed by atoms with Crippen molar-refractivity contribution in [3.05, 3.63) is 0 Å². The number of hydrogen-bond acceptors (Lipinski definition) is 3. The highest BCUT2D eigenvalue weighted by atomic mass is 16.4. The van der Waals surface area contributed by atoms with E-state index in [2.05, 4.69) is 0 Å². The number of carbonyl (C=O) groups is 1. The Balaban J connectivity index is 4.08. The van der Waals surface area contributed by atoms with Crippen LogP contribution in [0, 0.1) is 17.2 Å². The molecule has 0 saturated heterocycles. The van der Waals surface area contributed by atoms with Crippen molar-refractivity contribution in [3.63, 3.8) is 0 Å². The highest BCUT2D eigenvalue weighted by Gasteiger charge is 2.19. The van der Waals surface area contributed by atoms with Gasteiger partial charge in [-0.15, -0.1) is 0 Å². The fraction of sp³-hybridized carbons (Fsp3) is 0.778. The van der Waals surface area contributed by atoms with E-state index in [0.717, 1.165) is 13.1 Å². The first-order valence-corrected chi connectivity index (χ1v) is 4.47. The third-order valence-corrected chi connectivity index (χ3v) is 2.06. The van der Waals surface area contributed by atoms with Crippen molar-refractivity contribution in [2.24, 2.45) is 5.92 Å². The molecule has 1 N–H and O–H groups in total. The molecule has 0 saturated carbocycles. The van der Waals surface area contributed by atoms with E-state index in [1.807, 2.05) is 24.8 Å². The minimum Gasteiger partial charge on any atom is -0.481 e. The van der Waals surface area contributed by atoms with Crippen molar-refractivity contribution in [1.29, 1.82) is 5.26 Å². The number of hydrogen-bond donors (Lipinski definition) is 1. The number of rotatable bonds is 6. The smallest absolute Gasteiger partial charge is 0.308 e. The SMILES string of the molecule is CCN(CC)CC(CC#N)C(=O)O. The quantitative estimate of drug-likeness (QED) is 0.667. The van der Waals surface area contributed by atoms with Crippen molar-refractivity contribution in [2.45, 2.75) is 20.3 Å². The summed E-state index contributed by atoms with van der Waals surface area (Å²) in [4.78, 5) is 12.7. The van der Waals surface area contributed by atoms with Crippen LogP contribution in [0.15, 0.2) is 0 Å². The van der Waals surface area contributed by atoms with E-state index in [1.165, 1.54) is 0 Å². The molecule has 0 bridgehead atoms. The van der Waals surface area contributed by atoms with Gasteiger partial charge in [0.25, 0.3) is 0 Å². The summed E-state index contributed by atoms with van der Waals surface area (Å²) in [5.74, 6) is -1.43. The zero-order chi connectivity index (χ0) is 10.3. The van der Waals surface area contributed by atoms with Gasteiger partial charge >= 0.3 is 5.97 Å². The number of carboxylic acid groups (broad SMARTS) is 1.